The lowest BCUT2D eigenvalue weighted by atomic mass is 10.0. The second-order valence-corrected chi connectivity index (χ2v) is 9.56. The first kappa shape index (κ1) is 28.5. The smallest absolute Gasteiger partial charge is 0.387 e. The Hall–Kier alpha value is -3.53. The Kier molecular flexibility index (Phi) is 9.16. The highest BCUT2D eigenvalue weighted by atomic mass is 35.5. The Balaban J connectivity index is 1.66. The largest absolute Gasteiger partial charge is 0.435 e. The molecule has 0 bridgehead atoms. The van der Waals surface area contributed by atoms with Crippen LogP contribution in [0.15, 0.2) is 52.6 Å². The summed E-state index contributed by atoms with van der Waals surface area (Å²) in [6.45, 7) is -0.412. The topological polar surface area (TPSA) is 105 Å². The maximum Gasteiger partial charge on any atom is 0.387 e. The Bertz CT molecular complexity index is 1320. The number of nitrogens with zero attached hydrogens (tertiary/aromatic N) is 5. The van der Waals surface area contributed by atoms with Crippen molar-refractivity contribution in [2.75, 3.05) is 19.6 Å². The van der Waals surface area contributed by atoms with Crippen molar-refractivity contribution in [2.45, 2.75) is 38.2 Å². The first-order chi connectivity index (χ1) is 18.7. The molecule has 2 N–H and O–H groups in total. The summed E-state index contributed by atoms with van der Waals surface area (Å²) in [7, 11) is 0. The third-order valence-corrected chi connectivity index (χ3v) is 6.94. The number of carbonyl (C=O) groups excluding carboxylic acids is 1. The van der Waals surface area contributed by atoms with Crippen LogP contribution < -0.4 is 15.4 Å². The van der Waals surface area contributed by atoms with Gasteiger partial charge in [-0.05, 0) is 30.8 Å². The lowest BCUT2D eigenvalue weighted by Crippen LogP contribution is -2.51. The number of hydrogen-bond acceptors (Lipinski definition) is 6. The number of guanidine groups is 1. The van der Waals surface area contributed by atoms with Crippen LogP contribution in [0.5, 0.6) is 5.75 Å². The number of likely N-dealkylation sites (tertiary alicyclic amines) is 1. The second kappa shape index (κ2) is 12.5. The average molecular weight is 582 g/mol. The number of hydrazone groups is 1. The van der Waals surface area contributed by atoms with E-state index in [0.29, 0.717) is 22.8 Å². The molecule has 2 aromatic carbocycles. The van der Waals surface area contributed by atoms with Crippen LogP contribution in [0.25, 0.3) is 0 Å². The SMILES string of the molecule is CCN1C[C@H](F)C[C@@H]1C(=O)NC1CN(C(=Nc2cccc(OC(F)F)c2)NC#N)N=C1c1ccc(Cl)c(Cl)c1. The molecule has 39 heavy (non-hydrogen) atoms. The number of alkyl halides is 3. The molecule has 1 unspecified atom stereocenters. The summed E-state index contributed by atoms with van der Waals surface area (Å²) in [4.78, 5) is 19.3. The maximum absolute atomic E-state index is 14.1. The number of hydrogen-bond donors (Lipinski definition) is 2. The molecule has 0 radical (unpaired) electrons. The van der Waals surface area contributed by atoms with Crippen molar-refractivity contribution in [2.24, 2.45) is 10.1 Å². The molecule has 206 valence electrons. The Morgan fingerprint density at radius 3 is 2.74 bits per heavy atom. The molecule has 0 aliphatic carbocycles. The number of likely N-dealkylation sites (N-methyl/N-ethyl adjacent to an activating group) is 1. The normalized spacial score (nSPS) is 21.6. The van der Waals surface area contributed by atoms with E-state index < -0.39 is 24.9 Å². The van der Waals surface area contributed by atoms with Crippen molar-refractivity contribution in [3.63, 3.8) is 0 Å². The van der Waals surface area contributed by atoms with Crippen molar-refractivity contribution in [1.82, 2.24) is 20.5 Å². The van der Waals surface area contributed by atoms with E-state index in [1.165, 1.54) is 29.3 Å². The standard InChI is InChI=1S/C25H24Cl2F3N7O2/c1-2-36-11-15(28)9-21(36)23(38)34-20-12-37(35-22(20)14-6-7-18(26)19(27)8-14)25(32-13-31)33-16-4-3-5-17(10-16)39-24(29)30/h3-8,10,15,20-21,24H,2,9,11-12H2,1H3,(H,32,33)(H,34,38)/t15-,20?,21-/m1/s1. The van der Waals surface area contributed by atoms with Gasteiger partial charge >= 0.3 is 6.61 Å². The first-order valence-electron chi connectivity index (χ1n) is 12.0. The summed E-state index contributed by atoms with van der Waals surface area (Å²) in [6, 6.07) is 9.15. The number of nitrogens with one attached hydrogen (secondary N) is 2. The summed E-state index contributed by atoms with van der Waals surface area (Å²) in [6.07, 6.45) is 0.759. The van der Waals surface area contributed by atoms with E-state index in [2.05, 4.69) is 25.5 Å². The van der Waals surface area contributed by atoms with Gasteiger partial charge in [0.15, 0.2) is 6.19 Å². The molecule has 2 heterocycles. The van der Waals surface area contributed by atoms with E-state index >= 15 is 0 Å². The average Bonchev–Trinajstić information content (AvgIpc) is 3.48. The Morgan fingerprint density at radius 2 is 2.05 bits per heavy atom. The van der Waals surface area contributed by atoms with E-state index in [1.807, 2.05) is 6.92 Å². The molecule has 2 aromatic rings. The van der Waals surface area contributed by atoms with Crippen LogP contribution in [0, 0.1) is 11.5 Å². The molecule has 0 spiro atoms. The highest BCUT2D eigenvalue weighted by molar-refractivity contribution is 6.42. The van der Waals surface area contributed by atoms with Gasteiger partial charge in [-0.15, -0.1) is 0 Å². The minimum absolute atomic E-state index is 0.0270. The molecule has 1 amide bonds. The zero-order chi connectivity index (χ0) is 28.1. The highest BCUT2D eigenvalue weighted by Gasteiger charge is 2.39. The molecule has 1 saturated heterocycles. The van der Waals surface area contributed by atoms with Gasteiger partial charge in [0, 0.05) is 24.6 Å². The minimum atomic E-state index is -3.02. The molecule has 0 aromatic heterocycles. The van der Waals surface area contributed by atoms with Gasteiger partial charge in [-0.25, -0.2) is 14.4 Å². The van der Waals surface area contributed by atoms with Crippen LogP contribution >= 0.6 is 23.2 Å². The molecule has 3 atom stereocenters. The lowest BCUT2D eigenvalue weighted by Gasteiger charge is -2.24. The van der Waals surface area contributed by atoms with Gasteiger partial charge in [0.1, 0.15) is 11.9 Å². The fourth-order valence-electron chi connectivity index (χ4n) is 4.45. The molecular weight excluding hydrogens is 558 g/mol. The first-order valence-corrected chi connectivity index (χ1v) is 12.7. The molecule has 4 rings (SSSR count). The molecule has 14 heteroatoms. The van der Waals surface area contributed by atoms with Crippen LogP contribution in [0.1, 0.15) is 18.9 Å². The van der Waals surface area contributed by atoms with Crippen LogP contribution in [0.2, 0.25) is 10.0 Å². The number of carbonyl (C=O) groups is 1. The monoisotopic (exact) mass is 581 g/mol. The summed E-state index contributed by atoms with van der Waals surface area (Å²) >= 11 is 12.3. The number of rotatable bonds is 7. The number of benzene rings is 2. The van der Waals surface area contributed by atoms with E-state index in [4.69, 9.17) is 23.2 Å². The quantitative estimate of drug-likeness (QED) is 0.219. The molecule has 1 fully saturated rings. The number of nitriles is 1. The second-order valence-electron chi connectivity index (χ2n) is 8.74. The number of ether oxygens (including phenoxy) is 1. The zero-order valence-corrected chi connectivity index (χ0v) is 22.1. The zero-order valence-electron chi connectivity index (χ0n) is 20.6. The predicted octanol–water partition coefficient (Wildman–Crippen LogP) is 4.29. The number of amides is 1. The summed E-state index contributed by atoms with van der Waals surface area (Å²) < 4.78 is 43.8. The van der Waals surface area contributed by atoms with Crippen LogP contribution in [0.3, 0.4) is 0 Å². The van der Waals surface area contributed by atoms with Gasteiger partial charge in [-0.2, -0.15) is 19.1 Å². The molecule has 2 aliphatic rings. The highest BCUT2D eigenvalue weighted by Crippen LogP contribution is 2.27. The lowest BCUT2D eigenvalue weighted by molar-refractivity contribution is -0.125. The van der Waals surface area contributed by atoms with Gasteiger partial charge in [0.2, 0.25) is 11.9 Å². The van der Waals surface area contributed by atoms with Crippen LogP contribution in [-0.2, 0) is 4.79 Å². The van der Waals surface area contributed by atoms with Crippen molar-refractivity contribution in [1.29, 1.82) is 5.26 Å². The maximum atomic E-state index is 14.1. The van der Waals surface area contributed by atoms with E-state index in [-0.39, 0.29) is 47.8 Å². The van der Waals surface area contributed by atoms with Crippen molar-refractivity contribution >= 4 is 46.5 Å². The van der Waals surface area contributed by atoms with E-state index in [1.54, 1.807) is 29.3 Å². The predicted molar refractivity (Wildman–Crippen MR) is 141 cm³/mol. The Morgan fingerprint density at radius 1 is 1.26 bits per heavy atom. The van der Waals surface area contributed by atoms with Crippen molar-refractivity contribution in [3.05, 3.63) is 58.1 Å². The van der Waals surface area contributed by atoms with E-state index in [9.17, 15) is 23.2 Å². The van der Waals surface area contributed by atoms with Gasteiger partial charge in [-0.1, -0.05) is 42.3 Å². The minimum Gasteiger partial charge on any atom is -0.435 e. The fourth-order valence-corrected chi connectivity index (χ4v) is 4.75. The van der Waals surface area contributed by atoms with Gasteiger partial charge in [0.25, 0.3) is 0 Å². The van der Waals surface area contributed by atoms with Gasteiger partial charge in [0.05, 0.1) is 40.1 Å². The molecule has 2 aliphatic heterocycles. The van der Waals surface area contributed by atoms with Gasteiger partial charge < -0.3 is 10.1 Å². The number of aliphatic imine (C=N–C) groups is 1. The van der Waals surface area contributed by atoms with E-state index in [0.717, 1.165) is 0 Å². The Labute approximate surface area is 232 Å². The van der Waals surface area contributed by atoms with Crippen molar-refractivity contribution < 1.29 is 22.7 Å². The summed E-state index contributed by atoms with van der Waals surface area (Å²) in [5, 5.41) is 21.3. The third kappa shape index (κ3) is 6.92. The van der Waals surface area contributed by atoms with Crippen LogP contribution in [-0.4, -0.2) is 72.0 Å². The summed E-state index contributed by atoms with van der Waals surface area (Å²) in [5.41, 5.74) is 1.17. The molecule has 9 nitrogen and oxygen atoms in total. The third-order valence-electron chi connectivity index (χ3n) is 6.20. The summed E-state index contributed by atoms with van der Waals surface area (Å²) in [5.74, 6) is -0.501. The number of halogens is 5. The van der Waals surface area contributed by atoms with Gasteiger partial charge in [-0.3, -0.25) is 15.0 Å². The molecular formula is C25H24Cl2F3N7O2. The molecule has 0 saturated carbocycles. The van der Waals surface area contributed by atoms with Crippen LogP contribution in [0.4, 0.5) is 18.9 Å². The fraction of sp³-hybridized carbons (Fsp3) is 0.360. The van der Waals surface area contributed by atoms with Crippen molar-refractivity contribution in [3.8, 4) is 11.9 Å².